The van der Waals surface area contributed by atoms with Gasteiger partial charge in [0.25, 0.3) is 0 Å². The number of aryl methyl sites for hydroxylation is 1. The molecule has 0 saturated heterocycles. The fraction of sp³-hybridized carbons (Fsp3) is 0.400. The Kier molecular flexibility index (Phi) is 9.72. The number of aliphatic hydroxyl groups excluding tert-OH is 1. The van der Waals surface area contributed by atoms with Gasteiger partial charge in [0.1, 0.15) is 11.5 Å². The van der Waals surface area contributed by atoms with E-state index in [4.69, 9.17) is 37.6 Å². The number of benzene rings is 1. The highest BCUT2D eigenvalue weighted by molar-refractivity contribution is 6.42. The summed E-state index contributed by atoms with van der Waals surface area (Å²) in [6.07, 6.45) is 10.4. The molecule has 0 bridgehead atoms. The number of carbonyl (C=O) groups is 1. The van der Waals surface area contributed by atoms with Crippen molar-refractivity contribution in [3.8, 4) is 0 Å². The lowest BCUT2D eigenvalue weighted by atomic mass is 9.95. The van der Waals surface area contributed by atoms with Crippen molar-refractivity contribution in [1.29, 1.82) is 0 Å². The highest BCUT2D eigenvalue weighted by atomic mass is 35.5. The standard InChI is InChI=1S/C20H25Cl2NO3.C10H9NO2/c1-3-16(21)18(17(22)4-2)19-15(20(26-23-19)12-5-6-12)11-25-14-9-7-13(24)8-10-14;1-11-6-8(10(12)13)7-4-2-3-5-9(7)11/h3-4,12-14,24H,1,5-11H2,2H3;2-6H,1H3,(H,12,13)/b17-4+,18-16-;. The summed E-state index contributed by atoms with van der Waals surface area (Å²) in [5, 5.41) is 24.6. The SMILES string of the molecule is C=C/C(Cl)=C(\C(Cl)=C/C)c1noc(C2CC2)c1COC1CCC(O)CC1.Cn1cc(C(=O)O)c2ccccc21. The van der Waals surface area contributed by atoms with E-state index in [1.54, 1.807) is 18.3 Å². The van der Waals surface area contributed by atoms with E-state index < -0.39 is 5.97 Å². The number of rotatable bonds is 8. The number of fused-ring (bicyclic) bond motifs is 1. The van der Waals surface area contributed by atoms with Gasteiger partial charge in [0.15, 0.2) is 0 Å². The van der Waals surface area contributed by atoms with E-state index in [2.05, 4.69) is 11.7 Å². The Bertz CT molecular complexity index is 1390. The maximum absolute atomic E-state index is 10.8. The predicted molar refractivity (Wildman–Crippen MR) is 154 cm³/mol. The molecular formula is C30H34Cl2N2O5. The van der Waals surface area contributed by atoms with Crippen molar-refractivity contribution in [2.75, 3.05) is 0 Å². The molecule has 0 spiro atoms. The number of halogens is 2. The number of para-hydroxylation sites is 1. The van der Waals surface area contributed by atoms with E-state index >= 15 is 0 Å². The van der Waals surface area contributed by atoms with Crippen molar-refractivity contribution >= 4 is 45.6 Å². The molecule has 0 radical (unpaired) electrons. The van der Waals surface area contributed by atoms with Gasteiger partial charge in [-0.25, -0.2) is 4.79 Å². The third-order valence-corrected chi connectivity index (χ3v) is 7.90. The minimum absolute atomic E-state index is 0.146. The first kappa shape index (κ1) is 29.2. The van der Waals surface area contributed by atoms with E-state index in [0.717, 1.165) is 60.8 Å². The molecule has 2 aliphatic rings. The number of carboxylic acids is 1. The first-order valence-electron chi connectivity index (χ1n) is 13.1. The van der Waals surface area contributed by atoms with Gasteiger partial charge in [0.2, 0.25) is 0 Å². The van der Waals surface area contributed by atoms with Crippen molar-refractivity contribution in [2.24, 2.45) is 7.05 Å². The van der Waals surface area contributed by atoms with Crippen LogP contribution in [0, 0.1) is 0 Å². The molecule has 2 aromatic heterocycles. The minimum Gasteiger partial charge on any atom is -0.478 e. The molecule has 1 aromatic carbocycles. The van der Waals surface area contributed by atoms with E-state index in [-0.39, 0.29) is 12.2 Å². The van der Waals surface area contributed by atoms with Crippen LogP contribution in [-0.2, 0) is 18.4 Å². The molecular weight excluding hydrogens is 539 g/mol. The molecule has 0 amide bonds. The number of carboxylic acid groups (broad SMARTS) is 1. The van der Waals surface area contributed by atoms with E-state index in [9.17, 15) is 9.90 Å². The number of ether oxygens (including phenoxy) is 1. The van der Waals surface area contributed by atoms with Crippen LogP contribution in [0.3, 0.4) is 0 Å². The van der Waals surface area contributed by atoms with Crippen molar-refractivity contribution in [3.63, 3.8) is 0 Å². The van der Waals surface area contributed by atoms with Crippen LogP contribution >= 0.6 is 23.2 Å². The first-order chi connectivity index (χ1) is 18.7. The summed E-state index contributed by atoms with van der Waals surface area (Å²) in [4.78, 5) is 10.8. The Morgan fingerprint density at radius 1 is 1.21 bits per heavy atom. The number of hydrogen-bond acceptors (Lipinski definition) is 5. The molecule has 2 saturated carbocycles. The van der Waals surface area contributed by atoms with Crippen molar-refractivity contribution in [3.05, 3.63) is 81.8 Å². The average Bonchev–Trinajstić information content (AvgIpc) is 3.62. The van der Waals surface area contributed by atoms with E-state index in [0.29, 0.717) is 39.4 Å². The molecule has 39 heavy (non-hydrogen) atoms. The van der Waals surface area contributed by atoms with Crippen LogP contribution in [0.15, 0.2) is 63.8 Å². The minimum atomic E-state index is -0.878. The number of nitrogens with zero attached hydrogens (tertiary/aromatic N) is 2. The van der Waals surface area contributed by atoms with Crippen LogP contribution in [-0.4, -0.2) is 38.1 Å². The molecule has 7 nitrogen and oxygen atoms in total. The van der Waals surface area contributed by atoms with Gasteiger partial charge in [-0.05, 0) is 57.6 Å². The Balaban J connectivity index is 0.000000226. The molecule has 5 rings (SSSR count). The number of aromatic carboxylic acids is 1. The Morgan fingerprint density at radius 3 is 2.51 bits per heavy atom. The van der Waals surface area contributed by atoms with Crippen LogP contribution in [0.2, 0.25) is 0 Å². The summed E-state index contributed by atoms with van der Waals surface area (Å²) in [5.74, 6) is 0.399. The summed E-state index contributed by atoms with van der Waals surface area (Å²) < 4.78 is 13.6. The molecule has 0 aliphatic heterocycles. The second kappa shape index (κ2) is 13.0. The smallest absolute Gasteiger partial charge is 0.337 e. The maximum atomic E-state index is 10.8. The Hall–Kier alpha value is -2.84. The van der Waals surface area contributed by atoms with Gasteiger partial charge in [-0.2, -0.15) is 0 Å². The normalized spacial score (nSPS) is 20.3. The third kappa shape index (κ3) is 6.84. The first-order valence-corrected chi connectivity index (χ1v) is 13.9. The zero-order chi connectivity index (χ0) is 28.1. The number of aliphatic hydroxyl groups is 1. The summed E-state index contributed by atoms with van der Waals surface area (Å²) in [6, 6.07) is 7.46. The summed E-state index contributed by atoms with van der Waals surface area (Å²) in [5.41, 5.74) is 3.49. The molecule has 0 atom stereocenters. The fourth-order valence-corrected chi connectivity index (χ4v) is 5.27. The van der Waals surface area contributed by atoms with Crippen LogP contribution in [0.5, 0.6) is 0 Å². The monoisotopic (exact) mass is 572 g/mol. The highest BCUT2D eigenvalue weighted by Gasteiger charge is 2.34. The Morgan fingerprint density at radius 2 is 1.90 bits per heavy atom. The zero-order valence-corrected chi connectivity index (χ0v) is 23.7. The van der Waals surface area contributed by atoms with Gasteiger partial charge >= 0.3 is 5.97 Å². The number of allylic oxidation sites excluding steroid dienone is 5. The number of hydrogen-bond donors (Lipinski definition) is 2. The largest absolute Gasteiger partial charge is 0.478 e. The third-order valence-electron chi connectivity index (χ3n) is 7.15. The van der Waals surface area contributed by atoms with Crippen LogP contribution in [0.1, 0.15) is 78.7 Å². The molecule has 3 aromatic rings. The van der Waals surface area contributed by atoms with Crippen LogP contribution in [0.4, 0.5) is 0 Å². The van der Waals surface area contributed by atoms with Gasteiger partial charge in [0.05, 0.1) is 29.4 Å². The lowest BCUT2D eigenvalue weighted by molar-refractivity contribution is -0.0123. The van der Waals surface area contributed by atoms with Gasteiger partial charge in [0, 0.05) is 46.2 Å². The molecule has 0 unspecified atom stereocenters. The van der Waals surface area contributed by atoms with E-state index in [1.807, 2.05) is 42.8 Å². The van der Waals surface area contributed by atoms with Crippen LogP contribution < -0.4 is 0 Å². The average molecular weight is 574 g/mol. The molecule has 2 N–H and O–H groups in total. The van der Waals surface area contributed by atoms with E-state index in [1.165, 1.54) is 0 Å². The molecule has 2 fully saturated rings. The predicted octanol–water partition coefficient (Wildman–Crippen LogP) is 7.53. The molecule has 2 heterocycles. The lowest BCUT2D eigenvalue weighted by Gasteiger charge is -2.25. The molecule has 208 valence electrons. The van der Waals surface area contributed by atoms with Gasteiger partial charge in [-0.15, -0.1) is 0 Å². The van der Waals surface area contributed by atoms with Gasteiger partial charge in [-0.3, -0.25) is 0 Å². The number of aromatic nitrogens is 2. The summed E-state index contributed by atoms with van der Waals surface area (Å²) in [6.45, 7) is 6.00. The summed E-state index contributed by atoms with van der Waals surface area (Å²) in [7, 11) is 1.84. The van der Waals surface area contributed by atoms with Gasteiger partial charge < -0.3 is 24.0 Å². The van der Waals surface area contributed by atoms with Crippen molar-refractivity contribution in [1.82, 2.24) is 9.72 Å². The van der Waals surface area contributed by atoms with Crippen LogP contribution in [0.25, 0.3) is 16.5 Å². The fourth-order valence-electron chi connectivity index (χ4n) is 4.84. The highest BCUT2D eigenvalue weighted by Crippen LogP contribution is 2.45. The maximum Gasteiger partial charge on any atom is 0.337 e. The lowest BCUT2D eigenvalue weighted by Crippen LogP contribution is -2.24. The topological polar surface area (TPSA) is 97.7 Å². The zero-order valence-electron chi connectivity index (χ0n) is 22.2. The second-order valence-corrected chi connectivity index (χ2v) is 10.7. The molecule has 2 aliphatic carbocycles. The molecule has 9 heteroatoms. The Labute approximate surface area is 238 Å². The quantitative estimate of drug-likeness (QED) is 0.271. The van der Waals surface area contributed by atoms with Crippen molar-refractivity contribution < 1.29 is 24.3 Å². The second-order valence-electron chi connectivity index (χ2n) is 9.93. The van der Waals surface area contributed by atoms with Crippen molar-refractivity contribution in [2.45, 2.75) is 70.2 Å². The summed E-state index contributed by atoms with van der Waals surface area (Å²) >= 11 is 12.8. The van der Waals surface area contributed by atoms with Gasteiger partial charge in [-0.1, -0.05) is 59.2 Å².